The highest BCUT2D eigenvalue weighted by Gasteiger charge is 2.29. The van der Waals surface area contributed by atoms with E-state index in [1.165, 1.54) is 0 Å². The second-order valence-corrected chi connectivity index (χ2v) is 8.69. The number of hydrogen-bond donors (Lipinski definition) is 10. The van der Waals surface area contributed by atoms with Gasteiger partial charge >= 0.3 is 5.97 Å². The van der Waals surface area contributed by atoms with Gasteiger partial charge in [-0.3, -0.25) is 19.4 Å². The fraction of sp³-hybridized carbons (Fsp3) is 0.762. The zero-order chi connectivity index (χ0) is 27.5. The van der Waals surface area contributed by atoms with Gasteiger partial charge in [-0.25, -0.2) is 4.79 Å². The van der Waals surface area contributed by atoms with Crippen molar-refractivity contribution in [2.24, 2.45) is 33.7 Å². The summed E-state index contributed by atoms with van der Waals surface area (Å²) in [7, 11) is 0. The van der Waals surface area contributed by atoms with E-state index in [0.29, 0.717) is 45.2 Å². The van der Waals surface area contributed by atoms with Gasteiger partial charge in [-0.2, -0.15) is 12.6 Å². The van der Waals surface area contributed by atoms with Crippen LogP contribution in [0.1, 0.15) is 51.4 Å². The number of carbonyl (C=O) groups excluding carboxylic acids is 3. The number of carboxylic acids is 1. The van der Waals surface area contributed by atoms with Gasteiger partial charge in [0, 0.05) is 12.3 Å². The van der Waals surface area contributed by atoms with Crippen LogP contribution in [-0.4, -0.2) is 84.3 Å². The molecule has 0 spiro atoms. The van der Waals surface area contributed by atoms with E-state index in [9.17, 15) is 24.3 Å². The molecule has 0 aromatic carbocycles. The summed E-state index contributed by atoms with van der Waals surface area (Å²) >= 11 is 4.00. The molecule has 208 valence electrons. The van der Waals surface area contributed by atoms with Crippen LogP contribution in [0.15, 0.2) is 4.99 Å². The fourth-order valence-corrected chi connectivity index (χ4v) is 3.36. The monoisotopic (exact) mass is 533 g/mol. The molecule has 0 fully saturated rings. The number of nitrogens with two attached hydrogens (primary N) is 5. The molecule has 0 bridgehead atoms. The SMILES string of the molecule is NCCCCC(NC(=O)C(CCCN=C(N)N)NC(=O)C(CCCCN)NC(=O)C(N)CS)C(=O)O. The van der Waals surface area contributed by atoms with Gasteiger partial charge in [0.2, 0.25) is 17.7 Å². The summed E-state index contributed by atoms with van der Waals surface area (Å²) in [5.41, 5.74) is 27.4. The number of thiol groups is 1. The number of carboxylic acid groups (broad SMARTS) is 1. The fourth-order valence-electron chi connectivity index (χ4n) is 3.19. The number of nitrogens with one attached hydrogen (secondary N) is 3. The third kappa shape index (κ3) is 14.7. The molecule has 4 atom stereocenters. The average molecular weight is 534 g/mol. The highest BCUT2D eigenvalue weighted by molar-refractivity contribution is 7.80. The Kier molecular flexibility index (Phi) is 18.1. The maximum atomic E-state index is 13.1. The molecule has 14 N–H and O–H groups in total. The lowest BCUT2D eigenvalue weighted by Gasteiger charge is -2.25. The number of carbonyl (C=O) groups is 4. The molecule has 0 saturated heterocycles. The van der Waals surface area contributed by atoms with Gasteiger partial charge in [-0.1, -0.05) is 0 Å². The molecule has 14 nitrogen and oxygen atoms in total. The van der Waals surface area contributed by atoms with E-state index in [4.69, 9.17) is 28.7 Å². The van der Waals surface area contributed by atoms with Crippen LogP contribution in [-0.2, 0) is 19.2 Å². The Bertz CT molecular complexity index is 722. The molecule has 0 aromatic heterocycles. The van der Waals surface area contributed by atoms with E-state index < -0.39 is 47.9 Å². The van der Waals surface area contributed by atoms with E-state index in [2.05, 4.69) is 33.6 Å². The third-order valence-corrected chi connectivity index (χ3v) is 5.65. The maximum absolute atomic E-state index is 13.1. The van der Waals surface area contributed by atoms with E-state index >= 15 is 0 Å². The van der Waals surface area contributed by atoms with Crippen LogP contribution in [0.25, 0.3) is 0 Å². The molecule has 0 radical (unpaired) electrons. The van der Waals surface area contributed by atoms with Gasteiger partial charge in [-0.05, 0) is 64.5 Å². The van der Waals surface area contributed by atoms with Crippen LogP contribution < -0.4 is 44.6 Å². The van der Waals surface area contributed by atoms with Gasteiger partial charge in [0.25, 0.3) is 0 Å². The number of amides is 3. The predicted molar refractivity (Wildman–Crippen MR) is 141 cm³/mol. The summed E-state index contributed by atoms with van der Waals surface area (Å²) in [5, 5.41) is 17.2. The van der Waals surface area contributed by atoms with Crippen molar-refractivity contribution >= 4 is 42.3 Å². The number of aliphatic imine (C=N–C) groups is 1. The standard InChI is InChI=1S/C21H43N9O5S/c22-9-3-1-6-14(28-17(31)13(24)12-36)18(32)29-15(8-5-11-27-21(25)26)19(33)30-16(20(34)35)7-2-4-10-23/h13-16,36H,1-12,22-24H2,(H,28,31)(H,29,32)(H,30,33)(H,34,35)(H4,25,26,27). The zero-order valence-corrected chi connectivity index (χ0v) is 21.6. The van der Waals surface area contributed by atoms with Crippen LogP contribution >= 0.6 is 12.6 Å². The minimum Gasteiger partial charge on any atom is -0.480 e. The summed E-state index contributed by atoms with van der Waals surface area (Å²) < 4.78 is 0. The number of aliphatic carboxylic acids is 1. The van der Waals surface area contributed by atoms with Crippen LogP contribution in [0.3, 0.4) is 0 Å². The first-order chi connectivity index (χ1) is 17.1. The summed E-state index contributed by atoms with van der Waals surface area (Å²) in [4.78, 5) is 53.8. The van der Waals surface area contributed by atoms with Crippen molar-refractivity contribution in [3.63, 3.8) is 0 Å². The van der Waals surface area contributed by atoms with E-state index in [-0.39, 0.29) is 37.5 Å². The Balaban J connectivity index is 5.55. The molecule has 4 unspecified atom stereocenters. The Morgan fingerprint density at radius 2 is 1.19 bits per heavy atom. The number of guanidine groups is 1. The van der Waals surface area contributed by atoms with Crippen LogP contribution in [0, 0.1) is 0 Å². The molecule has 0 saturated carbocycles. The van der Waals surface area contributed by atoms with E-state index in [1.807, 2.05) is 0 Å². The zero-order valence-electron chi connectivity index (χ0n) is 20.7. The minimum absolute atomic E-state index is 0.0829. The smallest absolute Gasteiger partial charge is 0.326 e. The van der Waals surface area contributed by atoms with Crippen molar-refractivity contribution in [1.29, 1.82) is 0 Å². The Morgan fingerprint density at radius 1 is 0.750 bits per heavy atom. The van der Waals surface area contributed by atoms with Crippen molar-refractivity contribution in [3.05, 3.63) is 0 Å². The van der Waals surface area contributed by atoms with Gasteiger partial charge in [0.15, 0.2) is 5.96 Å². The molecular formula is C21H43N9O5S. The summed E-state index contributed by atoms with van der Waals surface area (Å²) in [6.45, 7) is 1.02. The second-order valence-electron chi connectivity index (χ2n) is 8.33. The molecule has 3 amide bonds. The van der Waals surface area contributed by atoms with Gasteiger partial charge in [0.1, 0.15) is 18.1 Å². The van der Waals surface area contributed by atoms with Crippen molar-refractivity contribution < 1.29 is 24.3 Å². The molecule has 0 aliphatic heterocycles. The second kappa shape index (κ2) is 19.6. The Labute approximate surface area is 217 Å². The molecule has 0 aliphatic rings. The first-order valence-electron chi connectivity index (χ1n) is 12.0. The molecule has 0 aromatic rings. The van der Waals surface area contributed by atoms with Gasteiger partial charge < -0.3 is 49.7 Å². The average Bonchev–Trinajstić information content (AvgIpc) is 2.83. The number of hydrogen-bond acceptors (Lipinski definition) is 9. The van der Waals surface area contributed by atoms with E-state index in [1.54, 1.807) is 0 Å². The molecule has 0 heterocycles. The van der Waals surface area contributed by atoms with Crippen molar-refractivity contribution in [1.82, 2.24) is 16.0 Å². The summed E-state index contributed by atoms with van der Waals surface area (Å²) in [5.74, 6) is -3.07. The van der Waals surface area contributed by atoms with Gasteiger partial charge in [0.05, 0.1) is 6.04 Å². The lowest BCUT2D eigenvalue weighted by Crippen LogP contribution is -2.57. The van der Waals surface area contributed by atoms with Crippen LogP contribution in [0.4, 0.5) is 0 Å². The lowest BCUT2D eigenvalue weighted by molar-refractivity contribution is -0.142. The molecule has 0 rings (SSSR count). The molecule has 36 heavy (non-hydrogen) atoms. The van der Waals surface area contributed by atoms with Crippen LogP contribution in [0.5, 0.6) is 0 Å². The largest absolute Gasteiger partial charge is 0.480 e. The Hall–Kier alpha value is -2.62. The summed E-state index contributed by atoms with van der Waals surface area (Å²) in [6, 6.07) is -4.12. The highest BCUT2D eigenvalue weighted by Crippen LogP contribution is 2.07. The van der Waals surface area contributed by atoms with Crippen molar-refractivity contribution in [3.8, 4) is 0 Å². The van der Waals surface area contributed by atoms with Gasteiger partial charge in [-0.15, -0.1) is 0 Å². The Morgan fingerprint density at radius 3 is 1.64 bits per heavy atom. The van der Waals surface area contributed by atoms with E-state index in [0.717, 1.165) is 0 Å². The topological polar surface area (TPSA) is 267 Å². The minimum atomic E-state index is -1.20. The highest BCUT2D eigenvalue weighted by atomic mass is 32.1. The summed E-state index contributed by atoms with van der Waals surface area (Å²) in [6.07, 6.45) is 3.21. The lowest BCUT2D eigenvalue weighted by atomic mass is 10.0. The number of unbranched alkanes of at least 4 members (excludes halogenated alkanes) is 2. The predicted octanol–water partition coefficient (Wildman–Crippen LogP) is -2.91. The molecule has 0 aliphatic carbocycles. The first-order valence-corrected chi connectivity index (χ1v) is 12.7. The quantitative estimate of drug-likeness (QED) is 0.0330. The maximum Gasteiger partial charge on any atom is 0.326 e. The third-order valence-electron chi connectivity index (χ3n) is 5.25. The molecule has 15 heteroatoms. The first kappa shape index (κ1) is 33.4. The normalized spacial score (nSPS) is 14.1. The van der Waals surface area contributed by atoms with Crippen molar-refractivity contribution in [2.45, 2.75) is 75.5 Å². The number of nitrogens with zero attached hydrogens (tertiary/aromatic N) is 1. The van der Waals surface area contributed by atoms with Crippen LogP contribution in [0.2, 0.25) is 0 Å². The number of rotatable bonds is 20. The van der Waals surface area contributed by atoms with Crippen molar-refractivity contribution in [2.75, 3.05) is 25.4 Å². The molecular weight excluding hydrogens is 490 g/mol.